The monoisotopic (exact) mass is 343 g/mol. The zero-order valence-corrected chi connectivity index (χ0v) is 15.6. The Morgan fingerprint density at radius 1 is 1.24 bits per heavy atom. The molecule has 1 saturated heterocycles. The highest BCUT2D eigenvalue weighted by Crippen LogP contribution is 2.66. The van der Waals surface area contributed by atoms with Gasteiger partial charge in [0, 0.05) is 30.9 Å². The highest BCUT2D eigenvalue weighted by Gasteiger charge is 2.63. The molecule has 0 spiro atoms. The summed E-state index contributed by atoms with van der Waals surface area (Å²) < 4.78 is 6.10. The van der Waals surface area contributed by atoms with Gasteiger partial charge in [-0.05, 0) is 49.5 Å². The lowest BCUT2D eigenvalue weighted by Gasteiger charge is -2.39. The van der Waals surface area contributed by atoms with Crippen molar-refractivity contribution in [2.24, 2.45) is 22.7 Å². The van der Waals surface area contributed by atoms with Crippen molar-refractivity contribution in [2.45, 2.75) is 59.0 Å². The molecule has 0 unspecified atom stereocenters. The predicted molar refractivity (Wildman–Crippen MR) is 96.1 cm³/mol. The van der Waals surface area contributed by atoms with Gasteiger partial charge < -0.3 is 9.64 Å². The van der Waals surface area contributed by atoms with E-state index in [0.29, 0.717) is 18.4 Å². The van der Waals surface area contributed by atoms with Crippen LogP contribution in [-0.2, 0) is 9.53 Å². The molecule has 0 radical (unpaired) electrons. The second-order valence-electron chi connectivity index (χ2n) is 8.87. The average molecular weight is 343 g/mol. The topological polar surface area (TPSA) is 55.3 Å². The predicted octanol–water partition coefficient (Wildman–Crippen LogP) is 3.45. The molecule has 2 aliphatic carbocycles. The zero-order valence-electron chi connectivity index (χ0n) is 15.6. The van der Waals surface area contributed by atoms with Gasteiger partial charge in [-0.15, -0.1) is 0 Å². The molecule has 1 aromatic rings. The van der Waals surface area contributed by atoms with Gasteiger partial charge in [0.05, 0.1) is 5.92 Å². The van der Waals surface area contributed by atoms with E-state index in [1.54, 1.807) is 12.4 Å². The summed E-state index contributed by atoms with van der Waals surface area (Å²) in [7, 11) is 0. The third-order valence-corrected chi connectivity index (χ3v) is 7.56. The number of piperidine rings is 1. The average Bonchev–Trinajstić information content (AvgIpc) is 2.96. The number of esters is 1. The number of hydrogen-bond donors (Lipinski definition) is 0. The number of ether oxygens (including phenoxy) is 1. The van der Waals surface area contributed by atoms with Crippen LogP contribution < -0.4 is 4.90 Å². The van der Waals surface area contributed by atoms with Gasteiger partial charge >= 0.3 is 5.97 Å². The number of hydrogen-bond acceptors (Lipinski definition) is 5. The van der Waals surface area contributed by atoms with Crippen LogP contribution in [0.4, 0.5) is 5.95 Å². The molecule has 25 heavy (non-hydrogen) atoms. The lowest BCUT2D eigenvalue weighted by molar-refractivity contribution is -0.162. The van der Waals surface area contributed by atoms with E-state index in [4.69, 9.17) is 4.74 Å². The number of rotatable bonds is 3. The SMILES string of the molecule is CC1(C)[C@H]2CC[C@@]1(C)[C@@H](OC(=O)[C@@H]1CCCN(c3ncccn3)C1)C2. The lowest BCUT2D eigenvalue weighted by Crippen LogP contribution is -2.43. The van der Waals surface area contributed by atoms with E-state index < -0.39 is 0 Å². The molecule has 1 aliphatic heterocycles. The highest BCUT2D eigenvalue weighted by molar-refractivity contribution is 5.73. The second kappa shape index (κ2) is 5.96. The van der Waals surface area contributed by atoms with Crippen molar-refractivity contribution < 1.29 is 9.53 Å². The maximum absolute atomic E-state index is 12.9. The van der Waals surface area contributed by atoms with Gasteiger partial charge in [0.1, 0.15) is 6.10 Å². The number of fused-ring (bicyclic) bond motifs is 2. The van der Waals surface area contributed by atoms with Crippen LogP contribution in [0.25, 0.3) is 0 Å². The lowest BCUT2D eigenvalue weighted by atomic mass is 9.70. The molecule has 3 fully saturated rings. The summed E-state index contributed by atoms with van der Waals surface area (Å²) >= 11 is 0. The van der Waals surface area contributed by atoms with Crippen LogP contribution in [0.3, 0.4) is 0 Å². The summed E-state index contributed by atoms with van der Waals surface area (Å²) in [5.41, 5.74) is 0.401. The first kappa shape index (κ1) is 16.8. The van der Waals surface area contributed by atoms with Crippen LogP contribution in [-0.4, -0.2) is 35.1 Å². The Morgan fingerprint density at radius 3 is 2.64 bits per heavy atom. The van der Waals surface area contributed by atoms with Gasteiger partial charge in [-0.25, -0.2) is 9.97 Å². The summed E-state index contributed by atoms with van der Waals surface area (Å²) in [5.74, 6) is 1.32. The molecule has 1 aromatic heterocycles. The van der Waals surface area contributed by atoms with Crippen LogP contribution in [0.15, 0.2) is 18.5 Å². The van der Waals surface area contributed by atoms with Crippen LogP contribution in [0.5, 0.6) is 0 Å². The molecule has 5 nitrogen and oxygen atoms in total. The molecule has 3 aliphatic rings. The second-order valence-corrected chi connectivity index (χ2v) is 8.87. The smallest absolute Gasteiger partial charge is 0.311 e. The molecule has 4 atom stereocenters. The number of carbonyl (C=O) groups is 1. The van der Waals surface area contributed by atoms with Crippen LogP contribution in [0, 0.1) is 22.7 Å². The van der Waals surface area contributed by atoms with Gasteiger partial charge in [-0.3, -0.25) is 4.79 Å². The van der Waals surface area contributed by atoms with Crippen molar-refractivity contribution in [3.05, 3.63) is 18.5 Å². The number of carbonyl (C=O) groups excluding carboxylic acids is 1. The highest BCUT2D eigenvalue weighted by atomic mass is 16.5. The Kier molecular flexibility index (Phi) is 4.00. The van der Waals surface area contributed by atoms with Crippen molar-refractivity contribution >= 4 is 11.9 Å². The number of anilines is 1. The van der Waals surface area contributed by atoms with E-state index in [9.17, 15) is 4.79 Å². The number of nitrogens with zero attached hydrogens (tertiary/aromatic N) is 3. The maximum atomic E-state index is 12.9. The van der Waals surface area contributed by atoms with E-state index >= 15 is 0 Å². The first-order valence-corrected chi connectivity index (χ1v) is 9.64. The minimum Gasteiger partial charge on any atom is -0.461 e. The summed E-state index contributed by atoms with van der Waals surface area (Å²) in [6, 6.07) is 1.82. The van der Waals surface area contributed by atoms with E-state index in [-0.39, 0.29) is 28.8 Å². The molecule has 2 saturated carbocycles. The first-order chi connectivity index (χ1) is 11.9. The Balaban J connectivity index is 1.42. The standard InChI is InChI=1S/C20H29N3O2/c1-19(2)15-7-8-20(19,3)16(12-15)25-17(24)14-6-4-11-23(13-14)18-21-9-5-10-22-18/h5,9-10,14-16H,4,6-8,11-13H2,1-3H3/t14-,15+,16+,20+/m1/s1. The van der Waals surface area contributed by atoms with E-state index in [1.807, 2.05) is 6.07 Å². The molecule has 5 heteroatoms. The zero-order chi connectivity index (χ0) is 17.7. The molecular formula is C20H29N3O2. The van der Waals surface area contributed by atoms with Crippen molar-refractivity contribution in [3.8, 4) is 0 Å². The number of aromatic nitrogens is 2. The summed E-state index contributed by atoms with van der Waals surface area (Å²) in [5, 5.41) is 0. The molecule has 136 valence electrons. The molecule has 0 aromatic carbocycles. The summed E-state index contributed by atoms with van der Waals surface area (Å²) in [4.78, 5) is 23.6. The first-order valence-electron chi connectivity index (χ1n) is 9.64. The van der Waals surface area contributed by atoms with Gasteiger partial charge in [0.2, 0.25) is 5.95 Å². The maximum Gasteiger partial charge on any atom is 0.311 e. The van der Waals surface area contributed by atoms with Crippen LogP contribution >= 0.6 is 0 Å². The van der Waals surface area contributed by atoms with E-state index in [2.05, 4.69) is 35.6 Å². The van der Waals surface area contributed by atoms with E-state index in [1.165, 1.54) is 12.8 Å². The fraction of sp³-hybridized carbons (Fsp3) is 0.750. The Morgan fingerprint density at radius 2 is 2.00 bits per heavy atom. The van der Waals surface area contributed by atoms with Crippen LogP contribution in [0.1, 0.15) is 52.9 Å². The Bertz CT molecular complexity index is 648. The molecular weight excluding hydrogens is 314 g/mol. The Hall–Kier alpha value is -1.65. The minimum absolute atomic E-state index is 0.0183. The van der Waals surface area contributed by atoms with Crippen LogP contribution in [0.2, 0.25) is 0 Å². The van der Waals surface area contributed by atoms with Crippen molar-refractivity contribution in [1.29, 1.82) is 0 Å². The van der Waals surface area contributed by atoms with Crippen molar-refractivity contribution in [2.75, 3.05) is 18.0 Å². The van der Waals surface area contributed by atoms with E-state index in [0.717, 1.165) is 25.8 Å². The largest absolute Gasteiger partial charge is 0.461 e. The normalized spacial score (nSPS) is 36.4. The Labute approximate surface area is 150 Å². The molecule has 2 bridgehead atoms. The molecule has 2 heterocycles. The minimum atomic E-state index is -0.0663. The third kappa shape index (κ3) is 2.63. The fourth-order valence-electron chi connectivity index (χ4n) is 5.35. The fourth-order valence-corrected chi connectivity index (χ4v) is 5.35. The summed E-state index contributed by atoms with van der Waals surface area (Å²) in [6.45, 7) is 8.60. The quantitative estimate of drug-likeness (QED) is 0.787. The van der Waals surface area contributed by atoms with Gasteiger partial charge in [0.15, 0.2) is 0 Å². The van der Waals surface area contributed by atoms with Crippen molar-refractivity contribution in [3.63, 3.8) is 0 Å². The summed E-state index contributed by atoms with van der Waals surface area (Å²) in [6.07, 6.45) is 8.96. The molecule has 0 amide bonds. The van der Waals surface area contributed by atoms with Gasteiger partial charge in [0.25, 0.3) is 0 Å². The van der Waals surface area contributed by atoms with Gasteiger partial charge in [-0.2, -0.15) is 0 Å². The van der Waals surface area contributed by atoms with Crippen molar-refractivity contribution in [1.82, 2.24) is 9.97 Å². The molecule has 0 N–H and O–H groups in total. The van der Waals surface area contributed by atoms with Gasteiger partial charge in [-0.1, -0.05) is 20.8 Å². The third-order valence-electron chi connectivity index (χ3n) is 7.56. The molecule has 4 rings (SSSR count).